The topological polar surface area (TPSA) is 74.2 Å². The molecule has 0 bridgehead atoms. The van der Waals surface area contributed by atoms with Crippen molar-refractivity contribution in [1.82, 2.24) is 4.98 Å². The van der Waals surface area contributed by atoms with Crippen molar-refractivity contribution in [1.29, 1.82) is 0 Å². The molecule has 0 saturated heterocycles. The van der Waals surface area contributed by atoms with Crippen LogP contribution < -0.4 is 16.2 Å². The van der Waals surface area contributed by atoms with Crippen LogP contribution in [0.25, 0.3) is 0 Å². The molecule has 1 aliphatic rings. The number of hydrogen-bond acceptors (Lipinski definition) is 4. The van der Waals surface area contributed by atoms with Gasteiger partial charge >= 0.3 is 0 Å². The van der Waals surface area contributed by atoms with Crippen LogP contribution in [0.1, 0.15) is 12.8 Å². The standard InChI is InChI=1S/C9H13N3O/c10-7-2-1-5-12-8(7)13-6-9(11)3-4-9/h1-2,5H,3-4,6,10-11H2. The molecule has 1 saturated carbocycles. The van der Waals surface area contributed by atoms with Crippen LogP contribution in [0.2, 0.25) is 0 Å². The summed E-state index contributed by atoms with van der Waals surface area (Å²) >= 11 is 0. The number of nitrogens with zero attached hydrogens (tertiary/aromatic N) is 1. The Bertz CT molecular complexity index is 309. The Labute approximate surface area is 76.9 Å². The molecule has 1 aromatic heterocycles. The maximum absolute atomic E-state index is 5.85. The Hall–Kier alpha value is -1.29. The largest absolute Gasteiger partial charge is 0.474 e. The molecule has 0 amide bonds. The predicted octanol–water partition coefficient (Wildman–Crippen LogP) is 0.534. The summed E-state index contributed by atoms with van der Waals surface area (Å²) in [6.45, 7) is 0.508. The van der Waals surface area contributed by atoms with Crippen molar-refractivity contribution in [3.8, 4) is 5.88 Å². The number of anilines is 1. The van der Waals surface area contributed by atoms with Gasteiger partial charge in [-0.15, -0.1) is 0 Å². The molecule has 0 atom stereocenters. The van der Waals surface area contributed by atoms with Gasteiger partial charge in [-0.1, -0.05) is 0 Å². The Morgan fingerprint density at radius 1 is 1.54 bits per heavy atom. The summed E-state index contributed by atoms with van der Waals surface area (Å²) < 4.78 is 5.40. The molecular formula is C9H13N3O. The molecule has 0 unspecified atom stereocenters. The summed E-state index contributed by atoms with van der Waals surface area (Å²) in [5.74, 6) is 0.485. The van der Waals surface area contributed by atoms with E-state index in [1.807, 2.05) is 0 Å². The Morgan fingerprint density at radius 2 is 2.31 bits per heavy atom. The minimum Gasteiger partial charge on any atom is -0.474 e. The number of pyridine rings is 1. The third kappa shape index (κ3) is 1.89. The highest BCUT2D eigenvalue weighted by Gasteiger charge is 2.39. The smallest absolute Gasteiger partial charge is 0.237 e. The average Bonchev–Trinajstić information content (AvgIpc) is 2.83. The molecule has 4 N–H and O–H groups in total. The van der Waals surface area contributed by atoms with Crippen LogP contribution >= 0.6 is 0 Å². The summed E-state index contributed by atoms with van der Waals surface area (Å²) in [5, 5.41) is 0. The van der Waals surface area contributed by atoms with Gasteiger partial charge in [-0.2, -0.15) is 0 Å². The molecule has 13 heavy (non-hydrogen) atoms. The lowest BCUT2D eigenvalue weighted by molar-refractivity contribution is 0.271. The average molecular weight is 179 g/mol. The van der Waals surface area contributed by atoms with Crippen molar-refractivity contribution in [3.05, 3.63) is 18.3 Å². The molecule has 70 valence electrons. The highest BCUT2D eigenvalue weighted by molar-refractivity contribution is 5.46. The van der Waals surface area contributed by atoms with Crippen molar-refractivity contribution in [2.45, 2.75) is 18.4 Å². The van der Waals surface area contributed by atoms with Crippen LogP contribution in [0, 0.1) is 0 Å². The second-order valence-corrected chi connectivity index (χ2v) is 3.55. The van der Waals surface area contributed by atoms with Crippen LogP contribution in [-0.2, 0) is 0 Å². The normalized spacial score (nSPS) is 18.2. The van der Waals surface area contributed by atoms with Gasteiger partial charge in [-0.05, 0) is 25.0 Å². The van der Waals surface area contributed by atoms with Gasteiger partial charge in [0.15, 0.2) is 0 Å². The van der Waals surface area contributed by atoms with E-state index in [1.165, 1.54) is 0 Å². The first-order valence-corrected chi connectivity index (χ1v) is 4.32. The lowest BCUT2D eigenvalue weighted by Crippen LogP contribution is -2.30. The molecule has 1 heterocycles. The molecule has 1 aliphatic carbocycles. The van der Waals surface area contributed by atoms with Gasteiger partial charge in [0.1, 0.15) is 6.61 Å². The van der Waals surface area contributed by atoms with Crippen molar-refractivity contribution < 1.29 is 4.74 Å². The van der Waals surface area contributed by atoms with Crippen molar-refractivity contribution in [2.75, 3.05) is 12.3 Å². The van der Waals surface area contributed by atoms with E-state index < -0.39 is 0 Å². The maximum atomic E-state index is 5.85. The third-order valence-corrected chi connectivity index (χ3v) is 2.19. The highest BCUT2D eigenvalue weighted by Crippen LogP contribution is 2.32. The van der Waals surface area contributed by atoms with E-state index >= 15 is 0 Å². The molecule has 0 radical (unpaired) electrons. The van der Waals surface area contributed by atoms with Crippen molar-refractivity contribution in [2.24, 2.45) is 5.73 Å². The van der Waals surface area contributed by atoms with Gasteiger partial charge in [0, 0.05) is 6.20 Å². The second-order valence-electron chi connectivity index (χ2n) is 3.55. The number of hydrogen-bond donors (Lipinski definition) is 2. The van der Waals surface area contributed by atoms with Gasteiger partial charge in [0.2, 0.25) is 5.88 Å². The second kappa shape index (κ2) is 2.88. The molecule has 4 heteroatoms. The minimum absolute atomic E-state index is 0.121. The summed E-state index contributed by atoms with van der Waals surface area (Å²) in [7, 11) is 0. The van der Waals surface area contributed by atoms with Crippen molar-refractivity contribution >= 4 is 5.69 Å². The summed E-state index contributed by atoms with van der Waals surface area (Å²) in [6, 6.07) is 3.54. The molecule has 0 aliphatic heterocycles. The summed E-state index contributed by atoms with van der Waals surface area (Å²) in [4.78, 5) is 4.01. The first kappa shape index (κ1) is 8.31. The van der Waals surface area contributed by atoms with E-state index in [-0.39, 0.29) is 5.54 Å². The molecule has 1 fully saturated rings. The molecule has 0 aromatic carbocycles. The Balaban J connectivity index is 1.97. The monoisotopic (exact) mass is 179 g/mol. The Morgan fingerprint density at radius 3 is 2.92 bits per heavy atom. The fourth-order valence-corrected chi connectivity index (χ4v) is 1.04. The van der Waals surface area contributed by atoms with E-state index in [0.29, 0.717) is 18.2 Å². The molecule has 1 aromatic rings. The summed E-state index contributed by atoms with van der Waals surface area (Å²) in [6.07, 6.45) is 3.71. The van der Waals surface area contributed by atoms with Gasteiger partial charge in [-0.25, -0.2) is 4.98 Å². The minimum atomic E-state index is -0.121. The summed E-state index contributed by atoms with van der Waals surface area (Å²) in [5.41, 5.74) is 11.9. The number of nitrogens with two attached hydrogens (primary N) is 2. The number of nitrogen functional groups attached to an aromatic ring is 1. The van der Waals surface area contributed by atoms with E-state index in [1.54, 1.807) is 18.3 Å². The van der Waals surface area contributed by atoms with Gasteiger partial charge in [-0.3, -0.25) is 0 Å². The van der Waals surface area contributed by atoms with E-state index in [2.05, 4.69) is 4.98 Å². The fraction of sp³-hybridized carbons (Fsp3) is 0.444. The van der Waals surface area contributed by atoms with Gasteiger partial charge in [0.25, 0.3) is 0 Å². The first-order valence-electron chi connectivity index (χ1n) is 4.32. The van der Waals surface area contributed by atoms with E-state index in [0.717, 1.165) is 12.8 Å². The number of ether oxygens (including phenoxy) is 1. The zero-order valence-electron chi connectivity index (χ0n) is 7.36. The van der Waals surface area contributed by atoms with Crippen LogP contribution in [0.3, 0.4) is 0 Å². The van der Waals surface area contributed by atoms with Crippen LogP contribution in [0.5, 0.6) is 5.88 Å². The fourth-order valence-electron chi connectivity index (χ4n) is 1.04. The van der Waals surface area contributed by atoms with Gasteiger partial charge < -0.3 is 16.2 Å². The molecular weight excluding hydrogens is 166 g/mol. The zero-order valence-corrected chi connectivity index (χ0v) is 7.36. The predicted molar refractivity (Wildman–Crippen MR) is 50.3 cm³/mol. The quantitative estimate of drug-likeness (QED) is 0.710. The lowest BCUT2D eigenvalue weighted by Gasteiger charge is -2.11. The number of rotatable bonds is 3. The van der Waals surface area contributed by atoms with Crippen LogP contribution in [0.15, 0.2) is 18.3 Å². The van der Waals surface area contributed by atoms with E-state index in [4.69, 9.17) is 16.2 Å². The van der Waals surface area contributed by atoms with Gasteiger partial charge in [0.05, 0.1) is 11.2 Å². The van der Waals surface area contributed by atoms with Crippen LogP contribution in [0.4, 0.5) is 5.69 Å². The van der Waals surface area contributed by atoms with Crippen LogP contribution in [-0.4, -0.2) is 17.1 Å². The molecule has 4 nitrogen and oxygen atoms in total. The zero-order chi connectivity index (χ0) is 9.31. The lowest BCUT2D eigenvalue weighted by atomic mass is 10.3. The molecule has 2 rings (SSSR count). The maximum Gasteiger partial charge on any atom is 0.237 e. The molecule has 0 spiro atoms. The SMILES string of the molecule is Nc1cccnc1OCC1(N)CC1. The number of aromatic nitrogens is 1. The van der Waals surface area contributed by atoms with E-state index in [9.17, 15) is 0 Å². The first-order chi connectivity index (χ1) is 6.20. The highest BCUT2D eigenvalue weighted by atomic mass is 16.5. The Kier molecular flexibility index (Phi) is 1.84. The third-order valence-electron chi connectivity index (χ3n) is 2.19. The van der Waals surface area contributed by atoms with Crippen molar-refractivity contribution in [3.63, 3.8) is 0 Å².